The molecule has 0 bridgehead atoms. The first-order chi connectivity index (χ1) is 12.7. The van der Waals surface area contributed by atoms with E-state index in [-0.39, 0.29) is 11.8 Å². The van der Waals surface area contributed by atoms with Crippen molar-refractivity contribution in [1.82, 2.24) is 5.01 Å². The number of ether oxygens (including phenoxy) is 2. The number of fused-ring (bicyclic) bond motifs is 4. The Bertz CT molecular complexity index is 872. The Balaban J connectivity index is 1.57. The van der Waals surface area contributed by atoms with Crippen LogP contribution in [0.1, 0.15) is 49.3 Å². The number of hydrazone groups is 1. The van der Waals surface area contributed by atoms with Crippen LogP contribution in [-0.2, 0) is 0 Å². The minimum Gasteiger partial charge on any atom is -0.497 e. The lowest BCUT2D eigenvalue weighted by atomic mass is 9.94. The lowest BCUT2D eigenvalue weighted by Gasteiger charge is -2.45. The lowest BCUT2D eigenvalue weighted by molar-refractivity contribution is -0.114. The molecule has 1 spiro atoms. The Kier molecular flexibility index (Phi) is 3.74. The van der Waals surface area contributed by atoms with Crippen LogP contribution in [0, 0.1) is 0 Å². The quantitative estimate of drug-likeness (QED) is 0.673. The van der Waals surface area contributed by atoms with Crippen LogP contribution in [0.4, 0.5) is 0 Å². The smallest absolute Gasteiger partial charge is 0.198 e. The summed E-state index contributed by atoms with van der Waals surface area (Å²) < 4.78 is 12.9. The first-order valence-electron chi connectivity index (χ1n) is 9.18. The summed E-state index contributed by atoms with van der Waals surface area (Å²) in [7, 11) is 1.69. The zero-order valence-corrected chi connectivity index (χ0v) is 16.3. The van der Waals surface area contributed by atoms with Gasteiger partial charge in [0.05, 0.1) is 18.9 Å². The summed E-state index contributed by atoms with van der Waals surface area (Å²) >= 11 is 3.61. The molecule has 26 heavy (non-hydrogen) atoms. The van der Waals surface area contributed by atoms with Crippen LogP contribution >= 0.6 is 15.9 Å². The van der Waals surface area contributed by atoms with Gasteiger partial charge in [0.2, 0.25) is 0 Å². The summed E-state index contributed by atoms with van der Waals surface area (Å²) in [6, 6.07) is 14.8. The Labute approximate surface area is 161 Å². The van der Waals surface area contributed by atoms with E-state index >= 15 is 0 Å². The maximum absolute atomic E-state index is 6.55. The molecule has 0 amide bonds. The second kappa shape index (κ2) is 6.02. The molecule has 0 unspecified atom stereocenters. The molecule has 3 aliphatic rings. The van der Waals surface area contributed by atoms with Gasteiger partial charge in [-0.2, -0.15) is 5.10 Å². The van der Waals surface area contributed by atoms with Crippen molar-refractivity contribution in [3.63, 3.8) is 0 Å². The van der Waals surface area contributed by atoms with Crippen LogP contribution in [0.3, 0.4) is 0 Å². The fourth-order valence-electron chi connectivity index (χ4n) is 4.47. The van der Waals surface area contributed by atoms with Gasteiger partial charge >= 0.3 is 0 Å². The molecular formula is C21H21BrN2O2. The van der Waals surface area contributed by atoms with Crippen molar-refractivity contribution in [1.29, 1.82) is 0 Å². The van der Waals surface area contributed by atoms with E-state index in [0.29, 0.717) is 0 Å². The zero-order valence-electron chi connectivity index (χ0n) is 14.7. The molecule has 5 heteroatoms. The second-order valence-electron chi connectivity index (χ2n) is 7.28. The summed E-state index contributed by atoms with van der Waals surface area (Å²) in [5.74, 6) is 1.89. The average Bonchev–Trinajstić information content (AvgIpc) is 3.31. The highest BCUT2D eigenvalue weighted by molar-refractivity contribution is 9.10. The average molecular weight is 413 g/mol. The van der Waals surface area contributed by atoms with Gasteiger partial charge in [-0.1, -0.05) is 15.9 Å². The van der Waals surface area contributed by atoms with E-state index in [4.69, 9.17) is 14.6 Å². The Morgan fingerprint density at radius 3 is 2.65 bits per heavy atom. The molecule has 2 aromatic rings. The highest BCUT2D eigenvalue weighted by Gasteiger charge is 2.51. The first-order valence-corrected chi connectivity index (χ1v) is 9.97. The predicted molar refractivity (Wildman–Crippen MR) is 105 cm³/mol. The van der Waals surface area contributed by atoms with Crippen LogP contribution < -0.4 is 9.47 Å². The van der Waals surface area contributed by atoms with Gasteiger partial charge in [0.1, 0.15) is 11.5 Å². The molecule has 1 atom stereocenters. The summed E-state index contributed by atoms with van der Waals surface area (Å²) in [4.78, 5) is 0. The monoisotopic (exact) mass is 412 g/mol. The summed E-state index contributed by atoms with van der Waals surface area (Å²) in [5, 5.41) is 7.33. The first kappa shape index (κ1) is 16.2. The number of methoxy groups -OCH3 is 1. The van der Waals surface area contributed by atoms with E-state index in [1.54, 1.807) is 7.11 Å². The van der Waals surface area contributed by atoms with Gasteiger partial charge in [0.15, 0.2) is 5.72 Å². The van der Waals surface area contributed by atoms with E-state index in [0.717, 1.165) is 46.5 Å². The van der Waals surface area contributed by atoms with Gasteiger partial charge in [0, 0.05) is 29.3 Å². The molecule has 0 radical (unpaired) electrons. The van der Waals surface area contributed by atoms with Gasteiger partial charge in [-0.25, -0.2) is 5.01 Å². The molecule has 0 saturated heterocycles. The van der Waals surface area contributed by atoms with Gasteiger partial charge in [-0.3, -0.25) is 0 Å². The number of nitrogens with zero attached hydrogens (tertiary/aromatic N) is 2. The zero-order chi connectivity index (χ0) is 17.7. The van der Waals surface area contributed by atoms with Crippen molar-refractivity contribution in [2.45, 2.75) is 43.9 Å². The van der Waals surface area contributed by atoms with Gasteiger partial charge < -0.3 is 9.47 Å². The fourth-order valence-corrected chi connectivity index (χ4v) is 4.85. The summed E-state index contributed by atoms with van der Waals surface area (Å²) in [6.07, 6.45) is 5.38. The molecule has 1 aliphatic carbocycles. The third-order valence-electron chi connectivity index (χ3n) is 5.77. The molecule has 134 valence electrons. The topological polar surface area (TPSA) is 34.1 Å². The molecule has 0 N–H and O–H groups in total. The number of hydrogen-bond acceptors (Lipinski definition) is 4. The van der Waals surface area contributed by atoms with Crippen molar-refractivity contribution in [2.75, 3.05) is 7.11 Å². The third-order valence-corrected chi connectivity index (χ3v) is 6.26. The van der Waals surface area contributed by atoms with E-state index < -0.39 is 0 Å². The number of hydrogen-bond donors (Lipinski definition) is 0. The summed E-state index contributed by atoms with van der Waals surface area (Å²) in [5.41, 5.74) is 3.23. The minimum absolute atomic E-state index is 0.242. The van der Waals surface area contributed by atoms with Crippen molar-refractivity contribution in [3.05, 3.63) is 58.1 Å². The molecule has 2 aromatic carbocycles. The summed E-state index contributed by atoms with van der Waals surface area (Å²) in [6.45, 7) is 0. The largest absolute Gasteiger partial charge is 0.497 e. The van der Waals surface area contributed by atoms with E-state index in [2.05, 4.69) is 51.3 Å². The predicted octanol–water partition coefficient (Wildman–Crippen LogP) is 5.27. The standard InChI is InChI=1S/C21H21BrN2O2/c1-25-16-7-4-14(5-8-16)18-13-19-17-12-15(22)6-9-20(17)26-21(24(19)23-18)10-2-3-11-21/h4-9,12,19H,2-3,10-11,13H2,1H3/t19-/m0/s1. The number of halogens is 1. The SMILES string of the molecule is COc1ccc(C2=NN3[C@@H](C2)c2cc(Br)ccc2OC32CCCC2)cc1. The van der Waals surface area contributed by atoms with Gasteiger partial charge in [-0.15, -0.1) is 0 Å². The number of rotatable bonds is 2. The Morgan fingerprint density at radius 1 is 1.15 bits per heavy atom. The van der Waals surface area contributed by atoms with Crippen molar-refractivity contribution >= 4 is 21.6 Å². The Morgan fingerprint density at radius 2 is 1.92 bits per heavy atom. The molecular weight excluding hydrogens is 392 g/mol. The van der Waals surface area contributed by atoms with E-state index in [1.165, 1.54) is 18.4 Å². The molecule has 5 rings (SSSR count). The van der Waals surface area contributed by atoms with Crippen LogP contribution in [0.15, 0.2) is 52.0 Å². The highest BCUT2D eigenvalue weighted by atomic mass is 79.9. The highest BCUT2D eigenvalue weighted by Crippen LogP contribution is 2.52. The van der Waals surface area contributed by atoms with Crippen LogP contribution in [-0.4, -0.2) is 23.6 Å². The van der Waals surface area contributed by atoms with Crippen molar-refractivity contribution in [2.24, 2.45) is 5.10 Å². The lowest BCUT2D eigenvalue weighted by Crippen LogP contribution is -2.51. The van der Waals surface area contributed by atoms with E-state index in [1.807, 2.05) is 12.1 Å². The molecule has 1 fully saturated rings. The molecule has 4 nitrogen and oxygen atoms in total. The van der Waals surface area contributed by atoms with Crippen LogP contribution in [0.25, 0.3) is 0 Å². The third kappa shape index (κ3) is 2.44. The van der Waals surface area contributed by atoms with Crippen LogP contribution in [0.5, 0.6) is 11.5 Å². The molecule has 2 aliphatic heterocycles. The van der Waals surface area contributed by atoms with Gasteiger partial charge in [-0.05, 0) is 60.9 Å². The second-order valence-corrected chi connectivity index (χ2v) is 8.19. The van der Waals surface area contributed by atoms with Crippen LogP contribution in [0.2, 0.25) is 0 Å². The normalized spacial score (nSPS) is 22.6. The molecule has 2 heterocycles. The van der Waals surface area contributed by atoms with Crippen molar-refractivity contribution in [3.8, 4) is 11.5 Å². The maximum Gasteiger partial charge on any atom is 0.198 e. The minimum atomic E-state index is -0.278. The molecule has 1 saturated carbocycles. The van der Waals surface area contributed by atoms with Gasteiger partial charge in [0.25, 0.3) is 0 Å². The van der Waals surface area contributed by atoms with E-state index in [9.17, 15) is 0 Å². The van der Waals surface area contributed by atoms with Crippen molar-refractivity contribution < 1.29 is 9.47 Å². The number of benzene rings is 2. The maximum atomic E-state index is 6.55. The fraction of sp³-hybridized carbons (Fsp3) is 0.381. The Hall–Kier alpha value is -2.01. The molecule has 0 aromatic heterocycles.